The molecule has 1 aliphatic heterocycles. The number of ether oxygens (including phenoxy) is 2. The zero-order valence-corrected chi connectivity index (χ0v) is 11.8. The number of aromatic amines is 1. The molecule has 1 aromatic carbocycles. The molecule has 2 N–H and O–H groups in total. The molecule has 0 spiro atoms. The second kappa shape index (κ2) is 6.01. The molecule has 0 saturated heterocycles. The van der Waals surface area contributed by atoms with Crippen LogP contribution in [0.15, 0.2) is 18.5 Å². The van der Waals surface area contributed by atoms with Crippen LogP contribution in [-0.2, 0) is 6.42 Å². The van der Waals surface area contributed by atoms with Gasteiger partial charge in [-0.3, -0.25) is 9.89 Å². The molecule has 1 aliphatic rings. The quantitative estimate of drug-likeness (QED) is 0.886. The summed E-state index contributed by atoms with van der Waals surface area (Å²) in [7, 11) is 0. The van der Waals surface area contributed by atoms with Crippen molar-refractivity contribution in [2.75, 3.05) is 19.8 Å². The van der Waals surface area contributed by atoms with E-state index in [2.05, 4.69) is 20.5 Å². The molecule has 21 heavy (non-hydrogen) atoms. The first kappa shape index (κ1) is 13.7. The highest BCUT2D eigenvalue weighted by atomic mass is 35.5. The Morgan fingerprint density at radius 3 is 3.05 bits per heavy atom. The number of carbonyl (C=O) groups is 1. The molecule has 3 rings (SSSR count). The number of rotatable bonds is 4. The van der Waals surface area contributed by atoms with Gasteiger partial charge in [0.05, 0.1) is 5.02 Å². The maximum Gasteiger partial charge on any atom is 0.251 e. The van der Waals surface area contributed by atoms with Crippen molar-refractivity contribution in [3.63, 3.8) is 0 Å². The van der Waals surface area contributed by atoms with Gasteiger partial charge in [-0.15, -0.1) is 0 Å². The fourth-order valence-electron chi connectivity index (χ4n) is 1.99. The molecular weight excluding hydrogens is 296 g/mol. The van der Waals surface area contributed by atoms with Crippen LogP contribution in [0.25, 0.3) is 0 Å². The van der Waals surface area contributed by atoms with Crippen LogP contribution >= 0.6 is 11.6 Å². The van der Waals surface area contributed by atoms with E-state index < -0.39 is 0 Å². The summed E-state index contributed by atoms with van der Waals surface area (Å²) < 4.78 is 10.9. The van der Waals surface area contributed by atoms with Crippen molar-refractivity contribution in [2.45, 2.75) is 6.42 Å². The van der Waals surface area contributed by atoms with Crippen molar-refractivity contribution in [1.82, 2.24) is 20.5 Å². The summed E-state index contributed by atoms with van der Waals surface area (Å²) >= 11 is 6.10. The molecule has 0 aliphatic carbocycles. The van der Waals surface area contributed by atoms with Crippen LogP contribution in [0, 0.1) is 0 Å². The van der Waals surface area contributed by atoms with Gasteiger partial charge in [0.2, 0.25) is 0 Å². The molecule has 0 unspecified atom stereocenters. The minimum atomic E-state index is -0.228. The Morgan fingerprint density at radius 1 is 1.38 bits per heavy atom. The van der Waals surface area contributed by atoms with Crippen LogP contribution < -0.4 is 14.8 Å². The molecule has 2 aromatic rings. The number of benzene rings is 1. The van der Waals surface area contributed by atoms with Gasteiger partial charge in [-0.1, -0.05) is 11.6 Å². The largest absolute Gasteiger partial charge is 0.486 e. The number of carbonyl (C=O) groups excluding carboxylic acids is 1. The number of hydrogen-bond acceptors (Lipinski definition) is 5. The van der Waals surface area contributed by atoms with Gasteiger partial charge in [0.1, 0.15) is 25.4 Å². The Kier molecular flexibility index (Phi) is 3.92. The third-order valence-electron chi connectivity index (χ3n) is 2.97. The van der Waals surface area contributed by atoms with E-state index in [0.717, 1.165) is 5.82 Å². The van der Waals surface area contributed by atoms with Gasteiger partial charge >= 0.3 is 0 Å². The normalized spacial score (nSPS) is 13.0. The molecule has 0 fully saturated rings. The summed E-state index contributed by atoms with van der Waals surface area (Å²) in [5, 5.41) is 9.63. The minimum absolute atomic E-state index is 0.228. The number of aromatic nitrogens is 3. The lowest BCUT2D eigenvalue weighted by Crippen LogP contribution is -2.26. The second-order valence-electron chi connectivity index (χ2n) is 4.42. The van der Waals surface area contributed by atoms with E-state index in [1.54, 1.807) is 12.1 Å². The number of halogens is 1. The van der Waals surface area contributed by atoms with Gasteiger partial charge in [0.15, 0.2) is 11.5 Å². The molecule has 0 saturated carbocycles. The summed E-state index contributed by atoms with van der Waals surface area (Å²) in [6.45, 7) is 1.34. The van der Waals surface area contributed by atoms with Gasteiger partial charge in [-0.25, -0.2) is 4.98 Å². The van der Waals surface area contributed by atoms with Crippen molar-refractivity contribution in [1.29, 1.82) is 0 Å². The fourth-order valence-corrected chi connectivity index (χ4v) is 2.25. The van der Waals surface area contributed by atoms with Gasteiger partial charge in [0, 0.05) is 18.5 Å². The van der Waals surface area contributed by atoms with Gasteiger partial charge < -0.3 is 14.8 Å². The van der Waals surface area contributed by atoms with Crippen molar-refractivity contribution in [3.05, 3.63) is 34.9 Å². The predicted octanol–water partition coefficient (Wildman–Crippen LogP) is 1.20. The number of H-pyrrole nitrogens is 1. The zero-order chi connectivity index (χ0) is 14.7. The molecule has 7 nitrogen and oxygen atoms in total. The van der Waals surface area contributed by atoms with Crippen LogP contribution in [0.1, 0.15) is 16.2 Å². The molecule has 8 heteroatoms. The van der Waals surface area contributed by atoms with Crippen molar-refractivity contribution in [2.24, 2.45) is 0 Å². The lowest BCUT2D eigenvalue weighted by Gasteiger charge is -2.20. The number of hydrogen-bond donors (Lipinski definition) is 2. The van der Waals surface area contributed by atoms with E-state index in [0.29, 0.717) is 48.3 Å². The average molecular weight is 309 g/mol. The SMILES string of the molecule is O=C(NCCc1ncn[nH]1)c1cc(Cl)c2c(c1)OCCO2. The Bertz CT molecular complexity index is 645. The van der Waals surface area contributed by atoms with E-state index in [1.165, 1.54) is 6.33 Å². The molecule has 1 aromatic heterocycles. The molecule has 2 heterocycles. The first-order valence-corrected chi connectivity index (χ1v) is 6.83. The number of amides is 1. The fraction of sp³-hybridized carbons (Fsp3) is 0.308. The summed E-state index contributed by atoms with van der Waals surface area (Å²) in [4.78, 5) is 16.1. The summed E-state index contributed by atoms with van der Waals surface area (Å²) in [5.41, 5.74) is 0.432. The highest BCUT2D eigenvalue weighted by molar-refractivity contribution is 6.32. The Labute approximate surface area is 125 Å². The van der Waals surface area contributed by atoms with Crippen LogP contribution in [0.5, 0.6) is 11.5 Å². The van der Waals surface area contributed by atoms with Gasteiger partial charge in [-0.2, -0.15) is 5.10 Å². The van der Waals surface area contributed by atoms with Gasteiger partial charge in [-0.05, 0) is 12.1 Å². The molecule has 0 atom stereocenters. The van der Waals surface area contributed by atoms with Gasteiger partial charge in [0.25, 0.3) is 5.91 Å². The monoisotopic (exact) mass is 308 g/mol. The van der Waals surface area contributed by atoms with E-state index in [4.69, 9.17) is 21.1 Å². The third-order valence-corrected chi connectivity index (χ3v) is 3.25. The summed E-state index contributed by atoms with van der Waals surface area (Å²) in [5.74, 6) is 1.47. The van der Waals surface area contributed by atoms with Crippen molar-refractivity contribution >= 4 is 17.5 Å². The highest BCUT2D eigenvalue weighted by Gasteiger charge is 2.19. The first-order chi connectivity index (χ1) is 10.2. The van der Waals surface area contributed by atoms with Crippen LogP contribution in [0.4, 0.5) is 0 Å². The Morgan fingerprint density at radius 2 is 2.24 bits per heavy atom. The van der Waals surface area contributed by atoms with E-state index >= 15 is 0 Å². The first-order valence-electron chi connectivity index (χ1n) is 6.45. The Hall–Kier alpha value is -2.28. The smallest absolute Gasteiger partial charge is 0.251 e. The summed E-state index contributed by atoms with van der Waals surface area (Å²) in [6.07, 6.45) is 2.00. The Balaban J connectivity index is 1.65. The lowest BCUT2D eigenvalue weighted by atomic mass is 10.1. The molecule has 0 bridgehead atoms. The molecule has 0 radical (unpaired) electrons. The number of nitrogens with zero attached hydrogens (tertiary/aromatic N) is 2. The number of fused-ring (bicyclic) bond motifs is 1. The van der Waals surface area contributed by atoms with E-state index in [-0.39, 0.29) is 5.91 Å². The lowest BCUT2D eigenvalue weighted by molar-refractivity contribution is 0.0952. The summed E-state index contributed by atoms with van der Waals surface area (Å²) in [6, 6.07) is 3.20. The van der Waals surface area contributed by atoms with E-state index in [9.17, 15) is 4.79 Å². The predicted molar refractivity (Wildman–Crippen MR) is 74.9 cm³/mol. The topological polar surface area (TPSA) is 89.1 Å². The standard InChI is InChI=1S/C13H13ClN4O3/c14-9-5-8(6-10-12(9)21-4-3-20-10)13(19)15-2-1-11-16-7-17-18-11/h5-7H,1-4H2,(H,15,19)(H,16,17,18). The average Bonchev–Trinajstić information content (AvgIpc) is 3.00. The number of nitrogens with one attached hydrogen (secondary N) is 2. The van der Waals surface area contributed by atoms with Crippen molar-refractivity contribution in [3.8, 4) is 11.5 Å². The zero-order valence-electron chi connectivity index (χ0n) is 11.1. The van der Waals surface area contributed by atoms with Crippen LogP contribution in [-0.4, -0.2) is 40.8 Å². The maximum absolute atomic E-state index is 12.1. The van der Waals surface area contributed by atoms with Crippen LogP contribution in [0.2, 0.25) is 5.02 Å². The van der Waals surface area contributed by atoms with Crippen molar-refractivity contribution < 1.29 is 14.3 Å². The highest BCUT2D eigenvalue weighted by Crippen LogP contribution is 2.38. The second-order valence-corrected chi connectivity index (χ2v) is 4.83. The van der Waals surface area contributed by atoms with Crippen LogP contribution in [0.3, 0.4) is 0 Å². The molecule has 1 amide bonds. The molecule has 110 valence electrons. The molecular formula is C13H13ClN4O3. The maximum atomic E-state index is 12.1. The minimum Gasteiger partial charge on any atom is -0.486 e. The third kappa shape index (κ3) is 3.08. The van der Waals surface area contributed by atoms with E-state index in [1.807, 2.05) is 0 Å².